The zero-order valence-corrected chi connectivity index (χ0v) is 17.6. The molecule has 0 unspecified atom stereocenters. The van der Waals surface area contributed by atoms with Gasteiger partial charge in [-0.15, -0.1) is 0 Å². The van der Waals surface area contributed by atoms with Crippen molar-refractivity contribution >= 4 is 35.1 Å². The van der Waals surface area contributed by atoms with Crippen LogP contribution in [0.25, 0.3) is 0 Å². The number of esters is 1. The van der Waals surface area contributed by atoms with E-state index in [0.29, 0.717) is 29.0 Å². The van der Waals surface area contributed by atoms with E-state index in [1.165, 1.54) is 6.92 Å². The number of halogens is 1. The van der Waals surface area contributed by atoms with E-state index >= 15 is 0 Å². The topological polar surface area (TPSA) is 84.5 Å². The molecule has 4 aliphatic rings. The van der Waals surface area contributed by atoms with Crippen LogP contribution in [-0.2, 0) is 19.1 Å². The molecule has 4 bridgehead atoms. The molecule has 0 saturated heterocycles. The minimum atomic E-state index is -0.585. The first-order valence-corrected chi connectivity index (χ1v) is 10.6. The van der Waals surface area contributed by atoms with Crippen molar-refractivity contribution in [1.29, 1.82) is 0 Å². The van der Waals surface area contributed by atoms with Crippen molar-refractivity contribution in [3.63, 3.8) is 0 Å². The van der Waals surface area contributed by atoms with E-state index in [1.54, 1.807) is 18.2 Å². The van der Waals surface area contributed by atoms with Gasteiger partial charge >= 0.3 is 5.97 Å². The fourth-order valence-corrected chi connectivity index (χ4v) is 6.41. The van der Waals surface area contributed by atoms with Crippen molar-refractivity contribution in [1.82, 2.24) is 5.32 Å². The number of anilines is 1. The summed E-state index contributed by atoms with van der Waals surface area (Å²) in [5.74, 6) is 0.119. The van der Waals surface area contributed by atoms with E-state index < -0.39 is 5.41 Å². The lowest BCUT2D eigenvalue weighted by molar-refractivity contribution is -0.176. The maximum atomic E-state index is 13.1. The first-order valence-electron chi connectivity index (χ1n) is 10.2. The summed E-state index contributed by atoms with van der Waals surface area (Å²) < 4.78 is 5.48. The van der Waals surface area contributed by atoms with Crippen LogP contribution < -0.4 is 10.6 Å². The van der Waals surface area contributed by atoms with Gasteiger partial charge < -0.3 is 15.4 Å². The molecule has 0 radical (unpaired) electrons. The molecule has 4 aliphatic carbocycles. The minimum absolute atomic E-state index is 0.0493. The Morgan fingerprint density at radius 2 is 1.86 bits per heavy atom. The maximum Gasteiger partial charge on any atom is 0.312 e. The van der Waals surface area contributed by atoms with Gasteiger partial charge in [-0.2, -0.15) is 0 Å². The average Bonchev–Trinajstić information content (AvgIpc) is 2.61. The largest absolute Gasteiger partial charge is 0.455 e. The highest BCUT2D eigenvalue weighted by Crippen LogP contribution is 2.62. The van der Waals surface area contributed by atoms with Crippen molar-refractivity contribution in [3.05, 3.63) is 28.8 Å². The van der Waals surface area contributed by atoms with Gasteiger partial charge in [0, 0.05) is 23.2 Å². The number of amides is 2. The fourth-order valence-electron chi connectivity index (χ4n) is 6.23. The zero-order chi connectivity index (χ0) is 20.8. The molecule has 7 heteroatoms. The standard InChI is InChI=1S/C22H27ClN2O4/c1-13-17(23)4-3-5-18(13)24-19(27)11-29-20(28)21-7-15-6-16(8-21)10-22(9-15,12-21)25-14(2)26/h3-5,15-16H,6-12H2,1-2H3,(H,24,27)(H,25,26)/t15-,16-,21?,22?/m0/s1. The van der Waals surface area contributed by atoms with Crippen LogP contribution >= 0.6 is 11.6 Å². The molecule has 29 heavy (non-hydrogen) atoms. The molecule has 0 aromatic heterocycles. The molecule has 4 fully saturated rings. The Kier molecular flexibility index (Phi) is 5.09. The number of benzene rings is 1. The van der Waals surface area contributed by atoms with E-state index in [1.807, 2.05) is 6.92 Å². The minimum Gasteiger partial charge on any atom is -0.455 e. The number of hydrogen-bond donors (Lipinski definition) is 2. The smallest absolute Gasteiger partial charge is 0.312 e. The molecule has 4 saturated carbocycles. The molecule has 2 N–H and O–H groups in total. The monoisotopic (exact) mass is 418 g/mol. The summed E-state index contributed by atoms with van der Waals surface area (Å²) >= 11 is 6.08. The highest BCUT2D eigenvalue weighted by atomic mass is 35.5. The van der Waals surface area contributed by atoms with Gasteiger partial charge in [-0.1, -0.05) is 17.7 Å². The zero-order valence-electron chi connectivity index (χ0n) is 16.8. The van der Waals surface area contributed by atoms with Crippen LogP contribution in [0.4, 0.5) is 5.69 Å². The Morgan fingerprint density at radius 1 is 1.17 bits per heavy atom. The number of carbonyl (C=O) groups is 3. The van der Waals surface area contributed by atoms with Gasteiger partial charge in [0.1, 0.15) is 0 Å². The summed E-state index contributed by atoms with van der Waals surface area (Å²) in [7, 11) is 0. The third-order valence-electron chi connectivity index (χ3n) is 6.81. The maximum absolute atomic E-state index is 13.1. The predicted octanol–water partition coefficient (Wildman–Crippen LogP) is 3.61. The molecular weight excluding hydrogens is 392 g/mol. The second kappa shape index (κ2) is 7.31. The third-order valence-corrected chi connectivity index (χ3v) is 7.22. The van der Waals surface area contributed by atoms with E-state index in [4.69, 9.17) is 16.3 Å². The molecule has 1 aromatic carbocycles. The van der Waals surface area contributed by atoms with Crippen LogP contribution in [0.1, 0.15) is 51.0 Å². The van der Waals surface area contributed by atoms with E-state index in [0.717, 1.165) is 37.7 Å². The fraction of sp³-hybridized carbons (Fsp3) is 0.591. The highest BCUT2D eigenvalue weighted by Gasteiger charge is 2.61. The summed E-state index contributed by atoms with van der Waals surface area (Å²) in [6.07, 6.45) is 5.18. The first-order chi connectivity index (χ1) is 13.7. The quantitative estimate of drug-likeness (QED) is 0.715. The molecular formula is C22H27ClN2O4. The molecule has 5 rings (SSSR count). The van der Waals surface area contributed by atoms with Gasteiger partial charge in [-0.25, -0.2) is 0 Å². The molecule has 0 heterocycles. The number of ether oxygens (including phenoxy) is 1. The lowest BCUT2D eigenvalue weighted by Crippen LogP contribution is -2.64. The van der Waals surface area contributed by atoms with E-state index in [-0.39, 0.29) is 29.9 Å². The average molecular weight is 419 g/mol. The Morgan fingerprint density at radius 3 is 2.52 bits per heavy atom. The molecule has 2 amide bonds. The van der Waals surface area contributed by atoms with Gasteiger partial charge in [0.05, 0.1) is 5.41 Å². The van der Waals surface area contributed by atoms with Crippen LogP contribution in [0.15, 0.2) is 18.2 Å². The molecule has 156 valence electrons. The molecule has 6 nitrogen and oxygen atoms in total. The van der Waals surface area contributed by atoms with Gasteiger partial charge in [-0.05, 0) is 75.0 Å². The number of rotatable bonds is 5. The molecule has 1 aromatic rings. The van der Waals surface area contributed by atoms with Crippen LogP contribution in [0.3, 0.4) is 0 Å². The summed E-state index contributed by atoms with van der Waals surface area (Å²) in [5, 5.41) is 6.46. The number of nitrogens with one attached hydrogen (secondary N) is 2. The van der Waals surface area contributed by atoms with E-state index in [9.17, 15) is 14.4 Å². The van der Waals surface area contributed by atoms with Gasteiger partial charge in [-0.3, -0.25) is 14.4 Å². The second-order valence-corrected chi connectivity index (χ2v) is 9.65. The second-order valence-electron chi connectivity index (χ2n) is 9.24. The SMILES string of the molecule is CC(=O)NC12C[C@H]3C[C@H](C1)CC(C(=O)OCC(=O)Nc1cccc(Cl)c1C)(C3)C2. The lowest BCUT2D eigenvalue weighted by atomic mass is 9.47. The van der Waals surface area contributed by atoms with E-state index in [2.05, 4.69) is 10.6 Å². The van der Waals surface area contributed by atoms with Crippen molar-refractivity contribution < 1.29 is 19.1 Å². The number of hydrogen-bond acceptors (Lipinski definition) is 4. The van der Waals surface area contributed by atoms with Crippen molar-refractivity contribution in [2.75, 3.05) is 11.9 Å². The van der Waals surface area contributed by atoms with Gasteiger partial charge in [0.2, 0.25) is 5.91 Å². The van der Waals surface area contributed by atoms with Crippen LogP contribution in [0.5, 0.6) is 0 Å². The molecule has 0 aliphatic heterocycles. The Bertz CT molecular complexity index is 854. The van der Waals surface area contributed by atoms with Crippen molar-refractivity contribution in [2.45, 2.75) is 57.9 Å². The summed E-state index contributed by atoms with van der Waals surface area (Å²) in [6.45, 7) is 3.03. The van der Waals surface area contributed by atoms with Crippen LogP contribution in [-0.4, -0.2) is 29.9 Å². The van der Waals surface area contributed by atoms with Crippen LogP contribution in [0, 0.1) is 24.2 Å². The predicted molar refractivity (Wildman–Crippen MR) is 109 cm³/mol. The summed E-state index contributed by atoms with van der Waals surface area (Å²) in [4.78, 5) is 37.1. The van der Waals surface area contributed by atoms with Crippen molar-refractivity contribution in [2.24, 2.45) is 17.3 Å². The summed E-state index contributed by atoms with van der Waals surface area (Å²) in [6, 6.07) is 5.27. The first kappa shape index (κ1) is 20.2. The Hall–Kier alpha value is -2.08. The summed E-state index contributed by atoms with van der Waals surface area (Å²) in [5.41, 5.74) is 0.499. The van der Waals surface area contributed by atoms with Gasteiger partial charge in [0.25, 0.3) is 5.91 Å². The third kappa shape index (κ3) is 3.87. The Balaban J connectivity index is 1.41. The van der Waals surface area contributed by atoms with Gasteiger partial charge in [0.15, 0.2) is 6.61 Å². The van der Waals surface area contributed by atoms with Crippen molar-refractivity contribution in [3.8, 4) is 0 Å². The number of carbonyl (C=O) groups excluding carboxylic acids is 3. The Labute approximate surface area is 175 Å². The highest BCUT2D eigenvalue weighted by molar-refractivity contribution is 6.31. The van der Waals surface area contributed by atoms with Crippen LogP contribution in [0.2, 0.25) is 5.02 Å². The molecule has 2 atom stereocenters. The molecule has 0 spiro atoms. The normalized spacial score (nSPS) is 32.0. The lowest BCUT2D eigenvalue weighted by Gasteiger charge is -2.60.